The predicted molar refractivity (Wildman–Crippen MR) is 58.8 cm³/mol. The molecular weight excluding hydrogens is 172 g/mol. The van der Waals surface area contributed by atoms with E-state index >= 15 is 0 Å². The van der Waals surface area contributed by atoms with Crippen molar-refractivity contribution in [1.29, 1.82) is 5.26 Å². The van der Waals surface area contributed by atoms with Crippen LogP contribution in [0.1, 0.15) is 26.7 Å². The Kier molecular flexibility index (Phi) is 4.16. The van der Waals surface area contributed by atoms with Gasteiger partial charge in [0.25, 0.3) is 0 Å². The number of nitrogens with zero attached hydrogens (tertiary/aromatic N) is 2. The van der Waals surface area contributed by atoms with Gasteiger partial charge in [-0.15, -0.1) is 0 Å². The van der Waals surface area contributed by atoms with Crippen molar-refractivity contribution in [3.63, 3.8) is 0 Å². The lowest BCUT2D eigenvalue weighted by atomic mass is 9.86. The second-order valence-electron chi connectivity index (χ2n) is 4.57. The molecule has 0 aromatic rings. The van der Waals surface area contributed by atoms with Crippen molar-refractivity contribution in [2.45, 2.75) is 26.7 Å². The van der Waals surface area contributed by atoms with Crippen LogP contribution in [0.5, 0.6) is 0 Å². The van der Waals surface area contributed by atoms with Gasteiger partial charge in [0.1, 0.15) is 0 Å². The van der Waals surface area contributed by atoms with Gasteiger partial charge in [-0.25, -0.2) is 0 Å². The van der Waals surface area contributed by atoms with E-state index in [1.165, 1.54) is 12.8 Å². The molecule has 0 aliphatic carbocycles. The average molecular weight is 192 g/mol. The van der Waals surface area contributed by atoms with Crippen LogP contribution in [-0.4, -0.2) is 24.5 Å². The minimum absolute atomic E-state index is 0.688. The average Bonchev–Trinajstić information content (AvgIpc) is 2.18. The summed E-state index contributed by atoms with van der Waals surface area (Å²) >= 11 is 0. The molecule has 0 amide bonds. The van der Waals surface area contributed by atoms with Crippen molar-refractivity contribution in [2.75, 3.05) is 19.6 Å². The smallest absolute Gasteiger partial charge is 0.0954 e. The third kappa shape index (κ3) is 3.16. The number of nitriles is 1. The highest BCUT2D eigenvalue weighted by Crippen LogP contribution is 2.24. The molecule has 0 spiro atoms. The monoisotopic (exact) mass is 192 g/mol. The molecule has 1 heterocycles. The normalized spacial score (nSPS) is 19.6. The lowest BCUT2D eigenvalue weighted by Crippen LogP contribution is -2.36. The molecule has 0 aromatic heterocycles. The van der Waals surface area contributed by atoms with E-state index in [0.29, 0.717) is 5.57 Å². The Labute approximate surface area is 87.2 Å². The molecule has 0 unspecified atom stereocenters. The zero-order valence-electron chi connectivity index (χ0n) is 9.29. The van der Waals surface area contributed by atoms with Gasteiger partial charge in [0.05, 0.1) is 6.07 Å². The molecule has 1 aliphatic rings. The van der Waals surface area contributed by atoms with Crippen LogP contribution in [0.4, 0.5) is 0 Å². The maximum Gasteiger partial charge on any atom is 0.0954 e. The largest absolute Gasteiger partial charge is 0.298 e. The quantitative estimate of drug-likeness (QED) is 0.642. The summed E-state index contributed by atoms with van der Waals surface area (Å²) in [5.74, 6) is 1.68. The van der Waals surface area contributed by atoms with Crippen LogP contribution in [0.15, 0.2) is 12.2 Å². The Morgan fingerprint density at radius 3 is 2.50 bits per heavy atom. The third-order valence-electron chi connectivity index (χ3n) is 3.15. The summed E-state index contributed by atoms with van der Waals surface area (Å²) in [6.45, 7) is 11.3. The van der Waals surface area contributed by atoms with Crippen LogP contribution in [0.25, 0.3) is 0 Å². The minimum Gasteiger partial charge on any atom is -0.298 e. The summed E-state index contributed by atoms with van der Waals surface area (Å²) in [5.41, 5.74) is 0.688. The van der Waals surface area contributed by atoms with Gasteiger partial charge in [-0.1, -0.05) is 20.4 Å². The standard InChI is InChI=1S/C12H20N2/c1-10(2)12-4-6-14(7-5-12)9-11(3)8-13/h10,12H,3-7,9H2,1-2H3. The molecule has 2 heteroatoms. The van der Waals surface area contributed by atoms with Gasteiger partial charge in [0.15, 0.2) is 0 Å². The van der Waals surface area contributed by atoms with E-state index in [9.17, 15) is 0 Å². The molecule has 14 heavy (non-hydrogen) atoms. The topological polar surface area (TPSA) is 27.0 Å². The number of piperidine rings is 1. The van der Waals surface area contributed by atoms with Gasteiger partial charge < -0.3 is 0 Å². The number of hydrogen-bond acceptors (Lipinski definition) is 2. The first-order chi connectivity index (χ1) is 6.63. The molecule has 1 aliphatic heterocycles. The van der Waals surface area contributed by atoms with E-state index in [0.717, 1.165) is 31.5 Å². The zero-order valence-corrected chi connectivity index (χ0v) is 9.29. The second kappa shape index (κ2) is 5.17. The van der Waals surface area contributed by atoms with Gasteiger partial charge >= 0.3 is 0 Å². The summed E-state index contributed by atoms with van der Waals surface area (Å²) in [4.78, 5) is 2.34. The Bertz CT molecular complexity index is 229. The molecule has 1 rings (SSSR count). The van der Waals surface area contributed by atoms with E-state index in [1.807, 2.05) is 0 Å². The maximum absolute atomic E-state index is 8.63. The molecule has 2 nitrogen and oxygen atoms in total. The van der Waals surface area contributed by atoms with Crippen molar-refractivity contribution in [3.8, 4) is 6.07 Å². The molecule has 0 bridgehead atoms. The predicted octanol–water partition coefficient (Wildman–Crippen LogP) is 2.43. The molecule has 1 fully saturated rings. The van der Waals surface area contributed by atoms with Crippen molar-refractivity contribution in [1.82, 2.24) is 4.90 Å². The van der Waals surface area contributed by atoms with Crippen LogP contribution in [0.2, 0.25) is 0 Å². The van der Waals surface area contributed by atoms with Gasteiger partial charge in [0.2, 0.25) is 0 Å². The highest BCUT2D eigenvalue weighted by Gasteiger charge is 2.21. The SMILES string of the molecule is C=C(C#N)CN1CCC(C(C)C)CC1. The Morgan fingerprint density at radius 1 is 1.50 bits per heavy atom. The van der Waals surface area contributed by atoms with E-state index in [-0.39, 0.29) is 0 Å². The van der Waals surface area contributed by atoms with Crippen LogP contribution in [-0.2, 0) is 0 Å². The Morgan fingerprint density at radius 2 is 2.07 bits per heavy atom. The highest BCUT2D eigenvalue weighted by molar-refractivity contribution is 5.17. The maximum atomic E-state index is 8.63. The summed E-state index contributed by atoms with van der Waals surface area (Å²) in [5, 5.41) is 8.63. The molecule has 78 valence electrons. The van der Waals surface area contributed by atoms with E-state index in [1.54, 1.807) is 0 Å². The van der Waals surface area contributed by atoms with Crippen LogP contribution in [0, 0.1) is 23.2 Å². The zero-order chi connectivity index (χ0) is 10.6. The van der Waals surface area contributed by atoms with E-state index in [2.05, 4.69) is 31.4 Å². The lowest BCUT2D eigenvalue weighted by Gasteiger charge is -2.33. The van der Waals surface area contributed by atoms with Gasteiger partial charge in [-0.2, -0.15) is 5.26 Å². The molecular formula is C12H20N2. The molecule has 0 saturated carbocycles. The summed E-state index contributed by atoms with van der Waals surface area (Å²) in [6.07, 6.45) is 2.55. The summed E-state index contributed by atoms with van der Waals surface area (Å²) in [7, 11) is 0. The Balaban J connectivity index is 2.30. The van der Waals surface area contributed by atoms with Gasteiger partial charge in [-0.05, 0) is 37.8 Å². The third-order valence-corrected chi connectivity index (χ3v) is 3.15. The van der Waals surface area contributed by atoms with E-state index < -0.39 is 0 Å². The second-order valence-corrected chi connectivity index (χ2v) is 4.57. The summed E-state index contributed by atoms with van der Waals surface area (Å²) in [6, 6.07) is 2.11. The van der Waals surface area contributed by atoms with Crippen molar-refractivity contribution < 1.29 is 0 Å². The van der Waals surface area contributed by atoms with Gasteiger partial charge in [0, 0.05) is 12.1 Å². The highest BCUT2D eigenvalue weighted by atomic mass is 15.1. The van der Waals surface area contributed by atoms with Crippen molar-refractivity contribution >= 4 is 0 Å². The fourth-order valence-electron chi connectivity index (χ4n) is 2.08. The van der Waals surface area contributed by atoms with Crippen LogP contribution >= 0.6 is 0 Å². The molecule has 0 aromatic carbocycles. The minimum atomic E-state index is 0.688. The molecule has 0 radical (unpaired) electrons. The first-order valence-corrected chi connectivity index (χ1v) is 5.43. The molecule has 0 atom stereocenters. The first kappa shape index (κ1) is 11.3. The fraction of sp³-hybridized carbons (Fsp3) is 0.750. The number of rotatable bonds is 3. The van der Waals surface area contributed by atoms with E-state index in [4.69, 9.17) is 5.26 Å². The molecule has 0 N–H and O–H groups in total. The van der Waals surface area contributed by atoms with Gasteiger partial charge in [-0.3, -0.25) is 4.90 Å². The fourth-order valence-corrected chi connectivity index (χ4v) is 2.08. The van der Waals surface area contributed by atoms with Crippen molar-refractivity contribution in [3.05, 3.63) is 12.2 Å². The van der Waals surface area contributed by atoms with Crippen molar-refractivity contribution in [2.24, 2.45) is 11.8 Å². The molecule has 1 saturated heterocycles. The first-order valence-electron chi connectivity index (χ1n) is 5.43. The summed E-state index contributed by atoms with van der Waals surface area (Å²) < 4.78 is 0. The number of hydrogen-bond donors (Lipinski definition) is 0. The number of likely N-dealkylation sites (tertiary alicyclic amines) is 1. The van der Waals surface area contributed by atoms with Crippen LogP contribution in [0.3, 0.4) is 0 Å². The Hall–Kier alpha value is -0.810. The lowest BCUT2D eigenvalue weighted by molar-refractivity contribution is 0.169. The van der Waals surface area contributed by atoms with Crippen LogP contribution < -0.4 is 0 Å².